The van der Waals surface area contributed by atoms with Crippen molar-refractivity contribution in [1.82, 2.24) is 19.7 Å². The number of anilines is 2. The van der Waals surface area contributed by atoms with Crippen LogP contribution >= 0.6 is 11.6 Å². The molecule has 2 N–H and O–H groups in total. The molecule has 7 nitrogen and oxygen atoms in total. The minimum atomic E-state index is -0.537. The Balaban J connectivity index is 1.59. The highest BCUT2D eigenvalue weighted by molar-refractivity contribution is 6.30. The number of benzene rings is 2. The number of para-hydroxylation sites is 1. The summed E-state index contributed by atoms with van der Waals surface area (Å²) in [6.07, 6.45) is 1.70. The highest BCUT2D eigenvalue weighted by Crippen LogP contribution is 2.36. The van der Waals surface area contributed by atoms with Gasteiger partial charge in [-0.15, -0.1) is 5.10 Å². The Kier molecular flexibility index (Phi) is 5.17. The van der Waals surface area contributed by atoms with Crippen molar-refractivity contribution in [3.8, 4) is 11.4 Å². The lowest BCUT2D eigenvalue weighted by Gasteiger charge is -2.28. The Bertz CT molecular complexity index is 1300. The van der Waals surface area contributed by atoms with E-state index in [1.54, 1.807) is 23.0 Å². The monoisotopic (exact) mass is 442 g/mol. The lowest BCUT2D eigenvalue weighted by atomic mass is 9.98. The number of rotatable bonds is 4. The first-order valence-electron chi connectivity index (χ1n) is 10.1. The second-order valence-electron chi connectivity index (χ2n) is 7.35. The number of carbonyl (C=O) groups is 1. The van der Waals surface area contributed by atoms with Crippen LogP contribution in [0.3, 0.4) is 0 Å². The highest BCUT2D eigenvalue weighted by Gasteiger charge is 2.35. The topological polar surface area (TPSA) is 84.7 Å². The number of hydrogen-bond acceptors (Lipinski definition) is 5. The van der Waals surface area contributed by atoms with E-state index in [9.17, 15) is 4.79 Å². The van der Waals surface area contributed by atoms with Crippen LogP contribution in [0, 0.1) is 0 Å². The summed E-state index contributed by atoms with van der Waals surface area (Å²) in [6, 6.07) is 21.7. The molecule has 8 heteroatoms. The van der Waals surface area contributed by atoms with Gasteiger partial charge in [-0.1, -0.05) is 35.9 Å². The fourth-order valence-corrected chi connectivity index (χ4v) is 3.82. The van der Waals surface area contributed by atoms with Crippen molar-refractivity contribution >= 4 is 29.1 Å². The van der Waals surface area contributed by atoms with Crippen LogP contribution in [-0.2, 0) is 4.79 Å². The van der Waals surface area contributed by atoms with Gasteiger partial charge < -0.3 is 10.6 Å². The molecule has 0 bridgehead atoms. The van der Waals surface area contributed by atoms with Gasteiger partial charge in [0.25, 0.3) is 5.91 Å². The molecule has 0 aliphatic carbocycles. The Morgan fingerprint density at radius 3 is 2.50 bits per heavy atom. The summed E-state index contributed by atoms with van der Waals surface area (Å²) in [5.74, 6) is 0.841. The summed E-state index contributed by atoms with van der Waals surface area (Å²) in [6.45, 7) is 1.86. The number of nitrogens with one attached hydrogen (secondary N) is 2. The van der Waals surface area contributed by atoms with Gasteiger partial charge in [-0.25, -0.2) is 4.68 Å². The zero-order valence-corrected chi connectivity index (χ0v) is 17.9. The molecule has 0 saturated carbocycles. The van der Waals surface area contributed by atoms with Crippen molar-refractivity contribution in [2.75, 3.05) is 10.6 Å². The largest absolute Gasteiger partial charge is 0.328 e. The molecule has 0 radical (unpaired) electrons. The Hall–Kier alpha value is -3.97. The maximum atomic E-state index is 13.4. The summed E-state index contributed by atoms with van der Waals surface area (Å²) in [5.41, 5.74) is 3.44. The number of fused-ring (bicyclic) bond motifs is 1. The number of allylic oxidation sites excluding steroid dienone is 1. The maximum Gasteiger partial charge on any atom is 0.255 e. The van der Waals surface area contributed by atoms with Crippen LogP contribution in [0.25, 0.3) is 11.4 Å². The average molecular weight is 443 g/mol. The van der Waals surface area contributed by atoms with Gasteiger partial charge in [-0.2, -0.15) is 4.98 Å². The van der Waals surface area contributed by atoms with E-state index in [0.717, 1.165) is 5.56 Å². The van der Waals surface area contributed by atoms with E-state index in [-0.39, 0.29) is 5.91 Å². The maximum absolute atomic E-state index is 13.4. The molecule has 158 valence electrons. The van der Waals surface area contributed by atoms with E-state index in [1.165, 1.54) is 0 Å². The third-order valence-corrected chi connectivity index (χ3v) is 5.45. The number of pyridine rings is 1. The summed E-state index contributed by atoms with van der Waals surface area (Å²) < 4.78 is 1.71. The SMILES string of the molecule is CC1=C(C(=O)Nc2ccccc2)C(c2ccccn2)n2nc(-c3ccc(Cl)cc3)nc2N1. The van der Waals surface area contributed by atoms with Gasteiger partial charge in [0.05, 0.1) is 11.3 Å². The van der Waals surface area contributed by atoms with E-state index in [0.29, 0.717) is 39.4 Å². The third kappa shape index (κ3) is 3.74. The van der Waals surface area contributed by atoms with Gasteiger partial charge in [-0.05, 0) is 55.5 Å². The molecule has 0 fully saturated rings. The van der Waals surface area contributed by atoms with Gasteiger partial charge in [0.1, 0.15) is 6.04 Å². The summed E-state index contributed by atoms with van der Waals surface area (Å²) in [4.78, 5) is 22.6. The van der Waals surface area contributed by atoms with Crippen LogP contribution in [0.15, 0.2) is 90.3 Å². The first-order valence-corrected chi connectivity index (χ1v) is 10.5. The predicted molar refractivity (Wildman–Crippen MR) is 124 cm³/mol. The molecular weight excluding hydrogens is 424 g/mol. The molecule has 1 aliphatic heterocycles. The van der Waals surface area contributed by atoms with Crippen LogP contribution < -0.4 is 10.6 Å². The number of amides is 1. The molecule has 4 aromatic rings. The Labute approximate surface area is 189 Å². The number of halogens is 1. The van der Waals surface area contributed by atoms with Crippen molar-refractivity contribution < 1.29 is 4.79 Å². The molecule has 0 spiro atoms. The minimum Gasteiger partial charge on any atom is -0.328 e. The van der Waals surface area contributed by atoms with Crippen molar-refractivity contribution in [1.29, 1.82) is 0 Å². The Morgan fingerprint density at radius 2 is 1.78 bits per heavy atom. The van der Waals surface area contributed by atoms with Gasteiger partial charge in [0.15, 0.2) is 5.82 Å². The normalized spacial score (nSPS) is 15.1. The molecule has 1 amide bonds. The minimum absolute atomic E-state index is 0.231. The molecule has 3 heterocycles. The number of hydrogen-bond donors (Lipinski definition) is 2. The van der Waals surface area contributed by atoms with Crippen LogP contribution in [0.1, 0.15) is 18.7 Å². The van der Waals surface area contributed by atoms with E-state index < -0.39 is 6.04 Å². The number of nitrogens with zero attached hydrogens (tertiary/aromatic N) is 4. The van der Waals surface area contributed by atoms with Crippen molar-refractivity contribution in [3.05, 3.63) is 101 Å². The summed E-state index contributed by atoms with van der Waals surface area (Å²) in [7, 11) is 0. The Morgan fingerprint density at radius 1 is 1.03 bits per heavy atom. The quantitative estimate of drug-likeness (QED) is 0.468. The standard InChI is InChI=1S/C24H19ClN6O/c1-15-20(23(32)28-18-7-3-2-4-8-18)21(19-9-5-6-14-26-19)31-24(27-15)29-22(30-31)16-10-12-17(25)13-11-16/h2-14,21H,1H3,(H,28,32)(H,27,29,30). The van der Waals surface area contributed by atoms with Gasteiger partial charge >= 0.3 is 0 Å². The first kappa shape index (κ1) is 20.0. The summed E-state index contributed by atoms with van der Waals surface area (Å²) in [5, 5.41) is 11.6. The lowest BCUT2D eigenvalue weighted by Crippen LogP contribution is -2.32. The van der Waals surface area contributed by atoms with Crippen LogP contribution in [0.4, 0.5) is 11.6 Å². The molecular formula is C24H19ClN6O. The van der Waals surface area contributed by atoms with E-state index in [1.807, 2.05) is 67.6 Å². The number of aromatic nitrogens is 4. The molecule has 1 aliphatic rings. The van der Waals surface area contributed by atoms with Crippen LogP contribution in [0.2, 0.25) is 5.02 Å². The van der Waals surface area contributed by atoms with E-state index in [4.69, 9.17) is 16.7 Å². The molecule has 5 rings (SSSR count). The molecule has 0 saturated heterocycles. The fourth-order valence-electron chi connectivity index (χ4n) is 3.70. The average Bonchev–Trinajstić information content (AvgIpc) is 3.23. The first-order chi connectivity index (χ1) is 15.6. The molecule has 32 heavy (non-hydrogen) atoms. The molecule has 2 aromatic carbocycles. The number of carbonyl (C=O) groups excluding carboxylic acids is 1. The van der Waals surface area contributed by atoms with Crippen molar-refractivity contribution in [2.24, 2.45) is 0 Å². The zero-order chi connectivity index (χ0) is 22.1. The lowest BCUT2D eigenvalue weighted by molar-refractivity contribution is -0.113. The summed E-state index contributed by atoms with van der Waals surface area (Å²) >= 11 is 6.03. The van der Waals surface area contributed by atoms with Crippen molar-refractivity contribution in [2.45, 2.75) is 13.0 Å². The van der Waals surface area contributed by atoms with E-state index >= 15 is 0 Å². The molecule has 1 unspecified atom stereocenters. The van der Waals surface area contributed by atoms with Crippen LogP contribution in [0.5, 0.6) is 0 Å². The van der Waals surface area contributed by atoms with Gasteiger partial charge in [0, 0.05) is 28.2 Å². The predicted octanol–water partition coefficient (Wildman–Crippen LogP) is 4.92. The zero-order valence-electron chi connectivity index (χ0n) is 17.2. The molecule has 1 atom stereocenters. The third-order valence-electron chi connectivity index (χ3n) is 5.20. The van der Waals surface area contributed by atoms with E-state index in [2.05, 4.69) is 20.6 Å². The van der Waals surface area contributed by atoms with Gasteiger partial charge in [0.2, 0.25) is 5.95 Å². The van der Waals surface area contributed by atoms with Crippen LogP contribution in [-0.4, -0.2) is 25.7 Å². The van der Waals surface area contributed by atoms with Gasteiger partial charge in [-0.3, -0.25) is 9.78 Å². The molecule has 2 aromatic heterocycles. The second-order valence-corrected chi connectivity index (χ2v) is 7.79. The highest BCUT2D eigenvalue weighted by atomic mass is 35.5. The smallest absolute Gasteiger partial charge is 0.255 e. The fraction of sp³-hybridized carbons (Fsp3) is 0.0833. The van der Waals surface area contributed by atoms with Crippen molar-refractivity contribution in [3.63, 3.8) is 0 Å². The second kappa shape index (κ2) is 8.28.